The van der Waals surface area contributed by atoms with E-state index in [1.165, 1.54) is 11.4 Å². The van der Waals surface area contributed by atoms with E-state index in [0.29, 0.717) is 29.6 Å². The Balaban J connectivity index is 1.88. The smallest absolute Gasteiger partial charge is 0.322 e. The lowest BCUT2D eigenvalue weighted by atomic mass is 9.97. The van der Waals surface area contributed by atoms with Crippen molar-refractivity contribution in [2.75, 3.05) is 26.1 Å². The second kappa shape index (κ2) is 7.32. The van der Waals surface area contributed by atoms with Gasteiger partial charge in [-0.2, -0.15) is 0 Å². The van der Waals surface area contributed by atoms with Gasteiger partial charge in [0.25, 0.3) is 0 Å². The summed E-state index contributed by atoms with van der Waals surface area (Å²) in [5.41, 5.74) is 3.04. The molecule has 1 aromatic heterocycles. The van der Waals surface area contributed by atoms with E-state index in [1.54, 1.807) is 26.4 Å². The van der Waals surface area contributed by atoms with Gasteiger partial charge in [0, 0.05) is 30.5 Å². The maximum absolute atomic E-state index is 13.1. The van der Waals surface area contributed by atoms with Crippen molar-refractivity contribution in [3.8, 4) is 11.5 Å². The monoisotopic (exact) mass is 357 g/mol. The van der Waals surface area contributed by atoms with Crippen molar-refractivity contribution < 1.29 is 14.3 Å². The maximum Gasteiger partial charge on any atom is 0.322 e. The second-order valence-electron chi connectivity index (χ2n) is 6.93. The molecule has 0 unspecified atom stereocenters. The number of aryl methyl sites for hydroxylation is 1. The number of carbonyl (C=O) groups excluding carboxylic acids is 1. The summed E-state index contributed by atoms with van der Waals surface area (Å²) in [6.07, 6.45) is 0. The molecule has 1 aromatic carbocycles. The number of nitrogens with one attached hydrogen (secondary N) is 1. The molecule has 0 saturated heterocycles. The molecule has 2 aromatic rings. The summed E-state index contributed by atoms with van der Waals surface area (Å²) >= 11 is 0. The summed E-state index contributed by atoms with van der Waals surface area (Å²) in [5.74, 6) is 1.59. The molecule has 1 atom stereocenters. The Morgan fingerprint density at radius 2 is 1.92 bits per heavy atom. The molecular formula is C20H27N3O3. The SMILES string of the molecule is COc1ccc(OC)c(NC(=O)N2CCn3c(C)ccc3[C@@H]2C(C)C)c1. The van der Waals surface area contributed by atoms with Gasteiger partial charge in [-0.25, -0.2) is 4.79 Å². The van der Waals surface area contributed by atoms with E-state index in [2.05, 4.69) is 42.8 Å². The van der Waals surface area contributed by atoms with Crippen LogP contribution in [0.25, 0.3) is 0 Å². The fourth-order valence-electron chi connectivity index (χ4n) is 3.69. The number of methoxy groups -OCH3 is 2. The first-order chi connectivity index (χ1) is 12.5. The lowest BCUT2D eigenvalue weighted by molar-refractivity contribution is 0.143. The molecule has 0 spiro atoms. The van der Waals surface area contributed by atoms with E-state index in [9.17, 15) is 4.79 Å². The van der Waals surface area contributed by atoms with Crippen LogP contribution in [-0.4, -0.2) is 36.3 Å². The normalized spacial score (nSPS) is 16.4. The van der Waals surface area contributed by atoms with Crippen LogP contribution < -0.4 is 14.8 Å². The van der Waals surface area contributed by atoms with Gasteiger partial charge in [0.05, 0.1) is 25.9 Å². The predicted octanol–water partition coefficient (Wildman–Crippen LogP) is 4.06. The van der Waals surface area contributed by atoms with Gasteiger partial charge >= 0.3 is 6.03 Å². The fraction of sp³-hybridized carbons (Fsp3) is 0.450. The van der Waals surface area contributed by atoms with Crippen LogP contribution in [0.3, 0.4) is 0 Å². The van der Waals surface area contributed by atoms with E-state index < -0.39 is 0 Å². The number of rotatable bonds is 4. The molecule has 0 radical (unpaired) electrons. The molecule has 140 valence electrons. The average Bonchev–Trinajstić information content (AvgIpc) is 3.01. The zero-order valence-electron chi connectivity index (χ0n) is 16.1. The highest BCUT2D eigenvalue weighted by Crippen LogP contribution is 2.35. The van der Waals surface area contributed by atoms with Crippen LogP contribution in [0.4, 0.5) is 10.5 Å². The van der Waals surface area contributed by atoms with E-state index in [0.717, 1.165) is 6.54 Å². The third-order valence-corrected chi connectivity index (χ3v) is 4.98. The van der Waals surface area contributed by atoms with Crippen molar-refractivity contribution in [2.45, 2.75) is 33.4 Å². The number of urea groups is 1. The highest BCUT2D eigenvalue weighted by atomic mass is 16.5. The molecule has 6 nitrogen and oxygen atoms in total. The lowest BCUT2D eigenvalue weighted by Gasteiger charge is -2.39. The number of fused-ring (bicyclic) bond motifs is 1. The number of nitrogens with zero attached hydrogens (tertiary/aromatic N) is 2. The van der Waals surface area contributed by atoms with E-state index in [4.69, 9.17) is 9.47 Å². The minimum absolute atomic E-state index is 0.0362. The van der Waals surface area contributed by atoms with Crippen molar-refractivity contribution in [3.05, 3.63) is 41.7 Å². The van der Waals surface area contributed by atoms with E-state index in [1.807, 2.05) is 11.0 Å². The molecule has 6 heteroatoms. The molecule has 1 N–H and O–H groups in total. The van der Waals surface area contributed by atoms with Crippen molar-refractivity contribution >= 4 is 11.7 Å². The fourth-order valence-corrected chi connectivity index (χ4v) is 3.69. The highest BCUT2D eigenvalue weighted by molar-refractivity contribution is 5.91. The molecule has 0 aliphatic carbocycles. The summed E-state index contributed by atoms with van der Waals surface area (Å²) in [6, 6.07) is 9.54. The molecule has 1 aliphatic rings. The number of hydrogen-bond acceptors (Lipinski definition) is 3. The molecule has 0 fully saturated rings. The lowest BCUT2D eigenvalue weighted by Crippen LogP contribution is -2.46. The average molecular weight is 357 g/mol. The molecule has 0 bridgehead atoms. The highest BCUT2D eigenvalue weighted by Gasteiger charge is 2.34. The first-order valence-electron chi connectivity index (χ1n) is 8.92. The van der Waals surface area contributed by atoms with Crippen molar-refractivity contribution in [2.24, 2.45) is 5.92 Å². The molecule has 26 heavy (non-hydrogen) atoms. The number of anilines is 1. The van der Waals surface area contributed by atoms with Gasteiger partial charge in [0.2, 0.25) is 0 Å². The number of ether oxygens (including phenoxy) is 2. The van der Waals surface area contributed by atoms with Gasteiger partial charge in [-0.3, -0.25) is 0 Å². The molecule has 2 heterocycles. The molecule has 1 aliphatic heterocycles. The number of amides is 2. The van der Waals surface area contributed by atoms with Gasteiger partial charge in [-0.05, 0) is 37.1 Å². The van der Waals surface area contributed by atoms with E-state index >= 15 is 0 Å². The van der Waals surface area contributed by atoms with Gasteiger partial charge < -0.3 is 24.3 Å². The van der Waals surface area contributed by atoms with Crippen molar-refractivity contribution in [1.29, 1.82) is 0 Å². The van der Waals surface area contributed by atoms with Crippen LogP contribution in [0, 0.1) is 12.8 Å². The molecule has 2 amide bonds. The largest absolute Gasteiger partial charge is 0.497 e. The van der Waals surface area contributed by atoms with Crippen LogP contribution in [0.2, 0.25) is 0 Å². The Kier molecular flexibility index (Phi) is 5.11. The summed E-state index contributed by atoms with van der Waals surface area (Å²) in [7, 11) is 3.19. The number of hydrogen-bond donors (Lipinski definition) is 1. The summed E-state index contributed by atoms with van der Waals surface area (Å²) in [4.78, 5) is 15.0. The minimum atomic E-state index is -0.125. The van der Waals surface area contributed by atoms with Crippen LogP contribution >= 0.6 is 0 Å². The van der Waals surface area contributed by atoms with Crippen molar-refractivity contribution in [1.82, 2.24) is 9.47 Å². The van der Waals surface area contributed by atoms with Gasteiger partial charge in [-0.15, -0.1) is 0 Å². The number of benzene rings is 1. The Bertz CT molecular complexity index is 798. The van der Waals surface area contributed by atoms with E-state index in [-0.39, 0.29) is 12.1 Å². The third kappa shape index (κ3) is 3.23. The quantitative estimate of drug-likeness (QED) is 0.898. The summed E-state index contributed by atoms with van der Waals surface area (Å²) < 4.78 is 12.9. The maximum atomic E-state index is 13.1. The zero-order chi connectivity index (χ0) is 18.8. The second-order valence-corrected chi connectivity index (χ2v) is 6.93. The zero-order valence-corrected chi connectivity index (χ0v) is 16.1. The van der Waals surface area contributed by atoms with Crippen LogP contribution in [0.15, 0.2) is 30.3 Å². The number of aromatic nitrogens is 1. The molecule has 0 saturated carbocycles. The summed E-state index contributed by atoms with van der Waals surface area (Å²) in [6.45, 7) is 7.88. The standard InChI is InChI=1S/C20H27N3O3/c1-13(2)19-17-8-6-14(3)22(17)10-11-23(19)20(24)21-16-12-15(25-4)7-9-18(16)26-5/h6-9,12-13,19H,10-11H2,1-5H3,(H,21,24)/t19-/m0/s1. The van der Waals surface area contributed by atoms with Gasteiger partial charge in [0.15, 0.2) is 0 Å². The van der Waals surface area contributed by atoms with Gasteiger partial charge in [0.1, 0.15) is 11.5 Å². The Labute approximate surface area is 154 Å². The van der Waals surface area contributed by atoms with Gasteiger partial charge in [-0.1, -0.05) is 13.8 Å². The number of carbonyl (C=O) groups is 1. The Morgan fingerprint density at radius 3 is 2.58 bits per heavy atom. The Hall–Kier alpha value is -2.63. The van der Waals surface area contributed by atoms with Crippen LogP contribution in [0.1, 0.15) is 31.3 Å². The first kappa shape index (κ1) is 18.2. The topological polar surface area (TPSA) is 55.7 Å². The molecular weight excluding hydrogens is 330 g/mol. The third-order valence-electron chi connectivity index (χ3n) is 4.98. The summed E-state index contributed by atoms with van der Waals surface area (Å²) in [5, 5.41) is 3.00. The van der Waals surface area contributed by atoms with Crippen LogP contribution in [-0.2, 0) is 6.54 Å². The first-order valence-corrected chi connectivity index (χ1v) is 8.92. The van der Waals surface area contributed by atoms with Crippen molar-refractivity contribution in [3.63, 3.8) is 0 Å². The Morgan fingerprint density at radius 1 is 1.15 bits per heavy atom. The predicted molar refractivity (Wildman–Crippen MR) is 102 cm³/mol. The molecule has 3 rings (SSSR count). The van der Waals surface area contributed by atoms with Crippen LogP contribution in [0.5, 0.6) is 11.5 Å². The minimum Gasteiger partial charge on any atom is -0.497 e.